The first-order valence-corrected chi connectivity index (χ1v) is 7.21. The summed E-state index contributed by atoms with van der Waals surface area (Å²) < 4.78 is 29.8. The largest absolute Gasteiger partial charge is 0.472 e. The van der Waals surface area contributed by atoms with Gasteiger partial charge in [0.25, 0.3) is 0 Å². The first kappa shape index (κ1) is 18.0. The van der Waals surface area contributed by atoms with E-state index in [0.29, 0.717) is 12.8 Å². The molecule has 0 saturated carbocycles. The van der Waals surface area contributed by atoms with Crippen molar-refractivity contribution in [1.82, 2.24) is 0 Å². The van der Waals surface area contributed by atoms with Gasteiger partial charge in [-0.3, -0.25) is 18.6 Å². The fraction of sp³-hybridized carbons (Fsp3) is 0.800. The molecule has 0 unspecified atom stereocenters. The first-order chi connectivity index (χ1) is 8.83. The molecule has 0 spiro atoms. The van der Waals surface area contributed by atoms with Crippen LogP contribution in [0.4, 0.5) is 0 Å². The molecule has 0 aromatic heterocycles. The van der Waals surface area contributed by atoms with Crippen LogP contribution in [-0.4, -0.2) is 43.3 Å². The van der Waals surface area contributed by atoms with Crippen molar-refractivity contribution in [2.45, 2.75) is 26.7 Å². The van der Waals surface area contributed by atoms with Crippen molar-refractivity contribution in [2.75, 3.05) is 26.4 Å². The molecule has 9 heteroatoms. The third-order valence-electron chi connectivity index (χ3n) is 1.70. The predicted molar refractivity (Wildman–Crippen MR) is 64.2 cm³/mol. The zero-order chi connectivity index (χ0) is 14.7. The highest BCUT2D eigenvalue weighted by molar-refractivity contribution is 7.47. The minimum atomic E-state index is -4.10. The van der Waals surface area contributed by atoms with E-state index in [9.17, 15) is 19.0 Å². The van der Waals surface area contributed by atoms with Crippen LogP contribution in [0.15, 0.2) is 0 Å². The molecule has 0 atom stereocenters. The lowest BCUT2D eigenvalue weighted by molar-refractivity contribution is -0.142. The van der Waals surface area contributed by atoms with Gasteiger partial charge in [0, 0.05) is 26.7 Å². The standard InChI is InChI=1S/C10H19O8P/c1-9(11)15-5-3-7-17-19(13,14)18-8-4-6-16-10(2)12/h3-8H2,1-2H3,(H,13,14). The maximum Gasteiger partial charge on any atom is 0.472 e. The van der Waals surface area contributed by atoms with Gasteiger partial charge in [-0.1, -0.05) is 0 Å². The van der Waals surface area contributed by atoms with Crippen molar-refractivity contribution in [1.29, 1.82) is 0 Å². The molecule has 0 radical (unpaired) electrons. The average Bonchev–Trinajstić information content (AvgIpc) is 2.27. The van der Waals surface area contributed by atoms with E-state index in [1.807, 2.05) is 0 Å². The number of rotatable bonds is 10. The van der Waals surface area contributed by atoms with Gasteiger partial charge >= 0.3 is 19.8 Å². The predicted octanol–water partition coefficient (Wildman–Crippen LogP) is 1.03. The summed E-state index contributed by atoms with van der Waals surface area (Å²) >= 11 is 0. The van der Waals surface area contributed by atoms with E-state index in [1.54, 1.807) is 0 Å². The normalized spacial score (nSPS) is 11.1. The van der Waals surface area contributed by atoms with Crippen molar-refractivity contribution in [2.24, 2.45) is 0 Å². The third kappa shape index (κ3) is 13.3. The van der Waals surface area contributed by atoms with Crippen LogP contribution >= 0.6 is 7.82 Å². The smallest absolute Gasteiger partial charge is 0.466 e. The van der Waals surface area contributed by atoms with Crippen molar-refractivity contribution < 1.29 is 37.6 Å². The molecule has 0 aliphatic heterocycles. The molecule has 0 saturated heterocycles. The van der Waals surface area contributed by atoms with Crippen LogP contribution in [-0.2, 0) is 32.7 Å². The quantitative estimate of drug-likeness (QED) is 0.362. The van der Waals surface area contributed by atoms with E-state index >= 15 is 0 Å². The molecular formula is C10H19O8P. The van der Waals surface area contributed by atoms with Crippen LogP contribution in [0.2, 0.25) is 0 Å². The monoisotopic (exact) mass is 298 g/mol. The summed E-state index contributed by atoms with van der Waals surface area (Å²) in [4.78, 5) is 30.1. The molecule has 8 nitrogen and oxygen atoms in total. The Bertz CT molecular complexity index is 301. The summed E-state index contributed by atoms with van der Waals surface area (Å²) in [6, 6.07) is 0. The minimum Gasteiger partial charge on any atom is -0.466 e. The molecule has 1 N–H and O–H groups in total. The zero-order valence-corrected chi connectivity index (χ0v) is 11.9. The van der Waals surface area contributed by atoms with Crippen LogP contribution < -0.4 is 0 Å². The Morgan fingerprint density at radius 2 is 1.26 bits per heavy atom. The molecule has 112 valence electrons. The van der Waals surface area contributed by atoms with Gasteiger partial charge in [0.1, 0.15) is 0 Å². The molecule has 0 rings (SSSR count). The van der Waals surface area contributed by atoms with Gasteiger partial charge in [-0.15, -0.1) is 0 Å². The van der Waals surface area contributed by atoms with Gasteiger partial charge in [0.15, 0.2) is 0 Å². The molecular weight excluding hydrogens is 279 g/mol. The molecule has 0 aromatic carbocycles. The van der Waals surface area contributed by atoms with E-state index in [1.165, 1.54) is 13.8 Å². The third-order valence-corrected chi connectivity index (χ3v) is 2.71. The fourth-order valence-electron chi connectivity index (χ4n) is 0.947. The number of esters is 2. The number of ether oxygens (including phenoxy) is 2. The van der Waals surface area contributed by atoms with Crippen LogP contribution in [0.5, 0.6) is 0 Å². The van der Waals surface area contributed by atoms with Gasteiger partial charge in [-0.25, -0.2) is 4.57 Å². The Balaban J connectivity index is 3.54. The number of phosphoric ester groups is 1. The maximum absolute atomic E-state index is 11.3. The number of phosphoric acid groups is 1. The molecule has 0 bridgehead atoms. The molecule has 0 fully saturated rings. The van der Waals surface area contributed by atoms with Gasteiger partial charge < -0.3 is 14.4 Å². The van der Waals surface area contributed by atoms with Crippen molar-refractivity contribution >= 4 is 19.8 Å². The van der Waals surface area contributed by atoms with Gasteiger partial charge in [-0.05, 0) is 0 Å². The minimum absolute atomic E-state index is 0.0645. The van der Waals surface area contributed by atoms with E-state index < -0.39 is 19.8 Å². The van der Waals surface area contributed by atoms with E-state index in [2.05, 4.69) is 18.5 Å². The van der Waals surface area contributed by atoms with Gasteiger partial charge in [0.2, 0.25) is 0 Å². The summed E-state index contributed by atoms with van der Waals surface area (Å²) in [6.07, 6.45) is 0.585. The summed E-state index contributed by atoms with van der Waals surface area (Å²) in [7, 11) is -4.10. The van der Waals surface area contributed by atoms with Crippen LogP contribution in [0, 0.1) is 0 Å². The van der Waals surface area contributed by atoms with E-state index in [4.69, 9.17) is 0 Å². The Kier molecular flexibility index (Phi) is 9.42. The summed E-state index contributed by atoms with van der Waals surface area (Å²) in [5.41, 5.74) is 0. The van der Waals surface area contributed by atoms with Crippen LogP contribution in [0.3, 0.4) is 0 Å². The highest BCUT2D eigenvalue weighted by Crippen LogP contribution is 2.43. The second kappa shape index (κ2) is 9.91. The Morgan fingerprint density at radius 1 is 0.895 bits per heavy atom. The van der Waals surface area contributed by atoms with Crippen LogP contribution in [0.1, 0.15) is 26.7 Å². The first-order valence-electron chi connectivity index (χ1n) is 5.72. The van der Waals surface area contributed by atoms with Crippen LogP contribution in [0.25, 0.3) is 0 Å². The Hall–Kier alpha value is -0.950. The second-order valence-electron chi connectivity index (χ2n) is 3.52. The van der Waals surface area contributed by atoms with Crippen molar-refractivity contribution in [3.63, 3.8) is 0 Å². The molecule has 0 heterocycles. The maximum atomic E-state index is 11.3. The Morgan fingerprint density at radius 3 is 1.58 bits per heavy atom. The molecule has 0 amide bonds. The molecule has 0 aliphatic carbocycles. The molecule has 0 aromatic rings. The lowest BCUT2D eigenvalue weighted by Crippen LogP contribution is -2.06. The van der Waals surface area contributed by atoms with E-state index in [0.717, 1.165) is 0 Å². The van der Waals surface area contributed by atoms with Gasteiger partial charge in [-0.2, -0.15) is 0 Å². The number of hydrogen-bond donors (Lipinski definition) is 1. The summed E-state index contributed by atoms with van der Waals surface area (Å²) in [5, 5.41) is 0. The fourth-order valence-corrected chi connectivity index (χ4v) is 1.74. The number of carbonyl (C=O) groups is 2. The van der Waals surface area contributed by atoms with E-state index in [-0.39, 0.29) is 26.4 Å². The zero-order valence-electron chi connectivity index (χ0n) is 11.0. The second-order valence-corrected chi connectivity index (χ2v) is 4.98. The number of carbonyl (C=O) groups excluding carboxylic acids is 2. The highest BCUT2D eigenvalue weighted by atomic mass is 31.2. The van der Waals surface area contributed by atoms with Crippen molar-refractivity contribution in [3.05, 3.63) is 0 Å². The molecule has 19 heavy (non-hydrogen) atoms. The Labute approximate surface area is 111 Å². The number of hydrogen-bond acceptors (Lipinski definition) is 7. The summed E-state index contributed by atoms with van der Waals surface area (Å²) in [6.45, 7) is 2.63. The highest BCUT2D eigenvalue weighted by Gasteiger charge is 2.20. The SMILES string of the molecule is CC(=O)OCCCOP(=O)(O)OCCCOC(C)=O. The summed E-state index contributed by atoms with van der Waals surface area (Å²) in [5.74, 6) is -0.845. The van der Waals surface area contributed by atoms with Gasteiger partial charge in [0.05, 0.1) is 26.4 Å². The van der Waals surface area contributed by atoms with Crippen molar-refractivity contribution in [3.8, 4) is 0 Å². The lowest BCUT2D eigenvalue weighted by atomic mass is 10.5. The lowest BCUT2D eigenvalue weighted by Gasteiger charge is -2.11. The topological polar surface area (TPSA) is 108 Å². The molecule has 0 aliphatic rings. The average molecular weight is 298 g/mol.